The van der Waals surface area contributed by atoms with Gasteiger partial charge in [-0.1, -0.05) is 30.3 Å². The molecule has 1 unspecified atom stereocenters. The third-order valence-electron chi connectivity index (χ3n) is 5.33. The Morgan fingerprint density at radius 2 is 1.67 bits per heavy atom. The number of nitrogens with one attached hydrogen (secondary N) is 1. The van der Waals surface area contributed by atoms with Crippen molar-refractivity contribution in [2.24, 2.45) is 0 Å². The van der Waals surface area contributed by atoms with E-state index in [0.29, 0.717) is 6.04 Å². The minimum absolute atomic E-state index is 0.391. The van der Waals surface area contributed by atoms with E-state index < -0.39 is 0 Å². The zero-order valence-corrected chi connectivity index (χ0v) is 18.2. The second-order valence-electron chi connectivity index (χ2n) is 7.70. The third kappa shape index (κ3) is 4.92. The van der Waals surface area contributed by atoms with Gasteiger partial charge in [0, 0.05) is 37.1 Å². The van der Waals surface area contributed by atoms with Gasteiger partial charge in [0.2, 0.25) is 0 Å². The van der Waals surface area contributed by atoms with E-state index in [2.05, 4.69) is 53.2 Å². The Balaban J connectivity index is 1.33. The number of para-hydroxylation sites is 1. The molecule has 3 aromatic carbocycles. The van der Waals surface area contributed by atoms with Crippen LogP contribution in [0.4, 0.5) is 11.4 Å². The van der Waals surface area contributed by atoms with Crippen molar-refractivity contribution in [3.8, 4) is 11.5 Å². The summed E-state index contributed by atoms with van der Waals surface area (Å²) in [7, 11) is 0. The van der Waals surface area contributed by atoms with E-state index in [1.165, 1.54) is 11.3 Å². The molecule has 1 aliphatic rings. The number of aryl methyl sites for hydroxylation is 1. The van der Waals surface area contributed by atoms with Crippen LogP contribution in [0.2, 0.25) is 0 Å². The summed E-state index contributed by atoms with van der Waals surface area (Å²) in [6, 6.07) is 26.8. The molecule has 5 heteroatoms. The molecule has 154 valence electrons. The van der Waals surface area contributed by atoms with Gasteiger partial charge in [0.1, 0.15) is 11.5 Å². The molecule has 4 rings (SSSR count). The Morgan fingerprint density at radius 1 is 0.933 bits per heavy atom. The van der Waals surface area contributed by atoms with Gasteiger partial charge in [-0.15, -0.1) is 0 Å². The van der Waals surface area contributed by atoms with Gasteiger partial charge in [-0.2, -0.15) is 0 Å². The lowest BCUT2D eigenvalue weighted by Gasteiger charge is -2.42. The number of benzene rings is 3. The highest BCUT2D eigenvalue weighted by Gasteiger charge is 2.25. The largest absolute Gasteiger partial charge is 0.457 e. The number of anilines is 2. The maximum Gasteiger partial charge on any atom is 0.173 e. The highest BCUT2D eigenvalue weighted by molar-refractivity contribution is 7.80. The zero-order chi connectivity index (χ0) is 20.9. The number of rotatable bonds is 4. The van der Waals surface area contributed by atoms with Crippen molar-refractivity contribution < 1.29 is 4.74 Å². The molecule has 4 nitrogen and oxygen atoms in total. The van der Waals surface area contributed by atoms with Crippen LogP contribution in [-0.2, 0) is 0 Å². The number of hydrogen-bond acceptors (Lipinski definition) is 3. The molecule has 0 spiro atoms. The van der Waals surface area contributed by atoms with Crippen molar-refractivity contribution >= 4 is 28.7 Å². The van der Waals surface area contributed by atoms with Crippen LogP contribution >= 0.6 is 12.2 Å². The van der Waals surface area contributed by atoms with E-state index in [4.69, 9.17) is 17.0 Å². The van der Waals surface area contributed by atoms with Gasteiger partial charge < -0.3 is 19.9 Å². The van der Waals surface area contributed by atoms with Crippen molar-refractivity contribution in [2.75, 3.05) is 29.9 Å². The molecule has 0 bridgehead atoms. The van der Waals surface area contributed by atoms with Gasteiger partial charge in [-0.25, -0.2) is 0 Å². The van der Waals surface area contributed by atoms with Crippen LogP contribution < -0.4 is 15.0 Å². The fourth-order valence-electron chi connectivity index (χ4n) is 3.77. The molecule has 1 saturated heterocycles. The summed E-state index contributed by atoms with van der Waals surface area (Å²) in [5, 5.41) is 4.14. The second-order valence-corrected chi connectivity index (χ2v) is 8.08. The Hall–Kier alpha value is -3.05. The van der Waals surface area contributed by atoms with Crippen LogP contribution in [0.5, 0.6) is 11.5 Å². The van der Waals surface area contributed by atoms with Crippen LogP contribution in [0.15, 0.2) is 78.9 Å². The summed E-state index contributed by atoms with van der Waals surface area (Å²) < 4.78 is 5.85. The topological polar surface area (TPSA) is 27.7 Å². The summed E-state index contributed by atoms with van der Waals surface area (Å²) in [6.45, 7) is 7.15. The lowest BCUT2D eigenvalue weighted by molar-refractivity contribution is 0.342. The van der Waals surface area contributed by atoms with E-state index in [1.54, 1.807) is 0 Å². The summed E-state index contributed by atoms with van der Waals surface area (Å²) in [5.74, 6) is 1.63. The standard InChI is InChI=1S/C25H27N3OS/c1-19-7-6-8-22(17-19)28-16-15-27(18-20(28)2)25(30)26-21-11-13-24(14-12-21)29-23-9-4-3-5-10-23/h3-14,17,20H,15-16,18H2,1-2H3,(H,26,30). The Kier molecular flexibility index (Phi) is 6.19. The molecule has 1 N–H and O–H groups in total. The lowest BCUT2D eigenvalue weighted by atomic mass is 10.1. The molecule has 0 aromatic heterocycles. The van der Waals surface area contributed by atoms with Crippen LogP contribution in [0, 0.1) is 6.92 Å². The van der Waals surface area contributed by atoms with Crippen molar-refractivity contribution in [3.63, 3.8) is 0 Å². The molecule has 1 atom stereocenters. The van der Waals surface area contributed by atoms with Gasteiger partial charge in [0.05, 0.1) is 0 Å². The van der Waals surface area contributed by atoms with Crippen LogP contribution in [0.3, 0.4) is 0 Å². The van der Waals surface area contributed by atoms with Gasteiger partial charge in [-0.05, 0) is 80.2 Å². The van der Waals surface area contributed by atoms with Gasteiger partial charge >= 0.3 is 0 Å². The second kappa shape index (κ2) is 9.18. The van der Waals surface area contributed by atoms with E-state index in [9.17, 15) is 0 Å². The smallest absolute Gasteiger partial charge is 0.173 e. The predicted octanol–water partition coefficient (Wildman–Crippen LogP) is 5.69. The third-order valence-corrected chi connectivity index (χ3v) is 5.69. The van der Waals surface area contributed by atoms with Crippen LogP contribution in [-0.4, -0.2) is 35.7 Å². The first-order valence-electron chi connectivity index (χ1n) is 10.3. The summed E-state index contributed by atoms with van der Waals surface area (Å²) >= 11 is 5.69. The quantitative estimate of drug-likeness (QED) is 0.550. The molecular weight excluding hydrogens is 390 g/mol. The maximum atomic E-state index is 5.85. The Bertz CT molecular complexity index is 991. The summed E-state index contributed by atoms with van der Waals surface area (Å²) in [5.41, 5.74) is 3.54. The minimum Gasteiger partial charge on any atom is -0.457 e. The van der Waals surface area contributed by atoms with E-state index >= 15 is 0 Å². The van der Waals surface area contributed by atoms with Crippen molar-refractivity contribution in [1.29, 1.82) is 0 Å². The fraction of sp³-hybridized carbons (Fsp3) is 0.240. The molecule has 30 heavy (non-hydrogen) atoms. The molecular formula is C25H27N3OS. The van der Waals surface area contributed by atoms with Crippen molar-refractivity contribution in [2.45, 2.75) is 19.9 Å². The van der Waals surface area contributed by atoms with Crippen LogP contribution in [0.25, 0.3) is 0 Å². The molecule has 1 fully saturated rings. The van der Waals surface area contributed by atoms with Crippen molar-refractivity contribution in [1.82, 2.24) is 4.90 Å². The lowest BCUT2D eigenvalue weighted by Crippen LogP contribution is -2.54. The molecule has 0 amide bonds. The highest BCUT2D eigenvalue weighted by Crippen LogP contribution is 2.24. The first-order chi connectivity index (χ1) is 14.6. The van der Waals surface area contributed by atoms with Gasteiger partial charge in [0.15, 0.2) is 5.11 Å². The van der Waals surface area contributed by atoms with E-state index in [-0.39, 0.29) is 0 Å². The number of thiocarbonyl (C=S) groups is 1. The molecule has 3 aromatic rings. The first-order valence-corrected chi connectivity index (χ1v) is 10.7. The minimum atomic E-state index is 0.391. The number of ether oxygens (including phenoxy) is 1. The molecule has 0 radical (unpaired) electrons. The Morgan fingerprint density at radius 3 is 2.37 bits per heavy atom. The predicted molar refractivity (Wildman–Crippen MR) is 129 cm³/mol. The average molecular weight is 418 g/mol. The normalized spacial score (nSPS) is 16.3. The maximum absolute atomic E-state index is 5.85. The van der Waals surface area contributed by atoms with E-state index in [1.807, 2.05) is 54.6 Å². The summed E-state index contributed by atoms with van der Waals surface area (Å²) in [4.78, 5) is 4.71. The fourth-order valence-corrected chi connectivity index (χ4v) is 4.05. The first kappa shape index (κ1) is 20.2. The Labute approximate surface area is 184 Å². The highest BCUT2D eigenvalue weighted by atomic mass is 32.1. The zero-order valence-electron chi connectivity index (χ0n) is 17.4. The molecule has 0 saturated carbocycles. The van der Waals surface area contributed by atoms with Gasteiger partial charge in [-0.3, -0.25) is 0 Å². The number of nitrogens with zero attached hydrogens (tertiary/aromatic N) is 2. The molecule has 1 heterocycles. The van der Waals surface area contributed by atoms with Gasteiger partial charge in [0.25, 0.3) is 0 Å². The summed E-state index contributed by atoms with van der Waals surface area (Å²) in [6.07, 6.45) is 0. The number of hydrogen-bond donors (Lipinski definition) is 1. The van der Waals surface area contributed by atoms with E-state index in [0.717, 1.165) is 41.9 Å². The van der Waals surface area contributed by atoms with Crippen LogP contribution in [0.1, 0.15) is 12.5 Å². The monoisotopic (exact) mass is 417 g/mol. The molecule has 0 aliphatic carbocycles. The van der Waals surface area contributed by atoms with Crippen molar-refractivity contribution in [3.05, 3.63) is 84.4 Å². The molecule has 1 aliphatic heterocycles. The SMILES string of the molecule is Cc1cccc(N2CCN(C(=S)Nc3ccc(Oc4ccccc4)cc3)CC2C)c1. The number of piperazine rings is 1. The average Bonchev–Trinajstić information content (AvgIpc) is 2.76.